The Bertz CT molecular complexity index is 554. The van der Waals surface area contributed by atoms with E-state index in [0.29, 0.717) is 6.42 Å². The first-order valence-corrected chi connectivity index (χ1v) is 6.78. The number of hydrogen-bond donors (Lipinski definition) is 2. The zero-order valence-corrected chi connectivity index (χ0v) is 12.5. The van der Waals surface area contributed by atoms with E-state index in [1.165, 1.54) is 0 Å². The van der Waals surface area contributed by atoms with Crippen molar-refractivity contribution in [1.29, 1.82) is 0 Å². The van der Waals surface area contributed by atoms with Crippen LogP contribution in [0.5, 0.6) is 5.75 Å². The van der Waals surface area contributed by atoms with Gasteiger partial charge in [0.15, 0.2) is 0 Å². The molecular formula is C14H17BrN2O2. The Labute approximate surface area is 121 Å². The van der Waals surface area contributed by atoms with Gasteiger partial charge in [-0.3, -0.25) is 5.84 Å². The van der Waals surface area contributed by atoms with Gasteiger partial charge in [-0.1, -0.05) is 15.9 Å². The van der Waals surface area contributed by atoms with Crippen LogP contribution in [0.4, 0.5) is 0 Å². The van der Waals surface area contributed by atoms with Crippen molar-refractivity contribution in [1.82, 2.24) is 5.43 Å². The van der Waals surface area contributed by atoms with Crippen molar-refractivity contribution in [2.75, 3.05) is 7.11 Å². The van der Waals surface area contributed by atoms with Gasteiger partial charge in [-0.05, 0) is 49.2 Å². The molecule has 0 aliphatic heterocycles. The number of nitrogens with two attached hydrogens (primary N) is 1. The molecule has 5 heteroatoms. The summed E-state index contributed by atoms with van der Waals surface area (Å²) in [7, 11) is 1.66. The van der Waals surface area contributed by atoms with Gasteiger partial charge in [-0.15, -0.1) is 0 Å². The lowest BCUT2D eigenvalue weighted by atomic mass is 10.0. The molecule has 0 saturated heterocycles. The van der Waals surface area contributed by atoms with Crippen molar-refractivity contribution in [3.05, 3.63) is 51.9 Å². The summed E-state index contributed by atoms with van der Waals surface area (Å²) in [6.45, 7) is 1.91. The number of benzene rings is 1. The standard InChI is InChI=1S/C14H17BrN2O2/c1-9-3-5-14(19-9)12(17-16)8-10-7-11(15)4-6-13(10)18-2/h3-7,12,17H,8,16H2,1-2H3. The number of halogens is 1. The molecule has 19 heavy (non-hydrogen) atoms. The Hall–Kier alpha value is -1.30. The highest BCUT2D eigenvalue weighted by Gasteiger charge is 2.16. The lowest BCUT2D eigenvalue weighted by Gasteiger charge is -2.16. The minimum atomic E-state index is -0.0862. The van der Waals surface area contributed by atoms with Crippen LogP contribution in [0.25, 0.3) is 0 Å². The Kier molecular flexibility index (Phi) is 4.63. The third kappa shape index (κ3) is 3.37. The highest BCUT2D eigenvalue weighted by atomic mass is 79.9. The molecule has 2 rings (SSSR count). The van der Waals surface area contributed by atoms with E-state index in [2.05, 4.69) is 21.4 Å². The van der Waals surface area contributed by atoms with Crippen LogP contribution in [0.15, 0.2) is 39.2 Å². The van der Waals surface area contributed by atoms with Crippen LogP contribution in [-0.2, 0) is 6.42 Å². The van der Waals surface area contributed by atoms with Gasteiger partial charge in [0.1, 0.15) is 17.3 Å². The molecule has 0 aliphatic carbocycles. The fourth-order valence-electron chi connectivity index (χ4n) is 2.01. The maximum absolute atomic E-state index is 5.63. The first kappa shape index (κ1) is 14.1. The molecule has 1 aromatic carbocycles. The predicted molar refractivity (Wildman–Crippen MR) is 77.9 cm³/mol. The molecule has 1 atom stereocenters. The molecule has 0 saturated carbocycles. The van der Waals surface area contributed by atoms with Crippen molar-refractivity contribution in [3.63, 3.8) is 0 Å². The normalized spacial score (nSPS) is 12.4. The zero-order valence-electron chi connectivity index (χ0n) is 10.9. The molecule has 1 unspecified atom stereocenters. The molecule has 0 aliphatic rings. The summed E-state index contributed by atoms with van der Waals surface area (Å²) in [4.78, 5) is 0. The molecule has 0 radical (unpaired) electrons. The largest absolute Gasteiger partial charge is 0.496 e. The summed E-state index contributed by atoms with van der Waals surface area (Å²) in [5.74, 6) is 8.16. The zero-order chi connectivity index (χ0) is 13.8. The second kappa shape index (κ2) is 6.23. The Morgan fingerprint density at radius 1 is 1.37 bits per heavy atom. The van der Waals surface area contributed by atoms with Crippen LogP contribution in [0.2, 0.25) is 0 Å². The van der Waals surface area contributed by atoms with Crippen molar-refractivity contribution >= 4 is 15.9 Å². The van der Waals surface area contributed by atoms with Gasteiger partial charge >= 0.3 is 0 Å². The summed E-state index contributed by atoms with van der Waals surface area (Å²) >= 11 is 3.47. The summed E-state index contributed by atoms with van der Waals surface area (Å²) < 4.78 is 12.0. The first-order chi connectivity index (χ1) is 9.13. The number of hydrogen-bond acceptors (Lipinski definition) is 4. The number of furan rings is 1. The SMILES string of the molecule is COc1ccc(Br)cc1CC(NN)c1ccc(C)o1. The molecule has 4 nitrogen and oxygen atoms in total. The second-order valence-electron chi connectivity index (χ2n) is 4.33. The summed E-state index contributed by atoms with van der Waals surface area (Å²) in [6.07, 6.45) is 0.687. The maximum Gasteiger partial charge on any atom is 0.122 e. The number of ether oxygens (including phenoxy) is 1. The van der Waals surface area contributed by atoms with Crippen molar-refractivity contribution in [2.45, 2.75) is 19.4 Å². The van der Waals surface area contributed by atoms with Gasteiger partial charge < -0.3 is 9.15 Å². The predicted octanol–water partition coefficient (Wildman–Crippen LogP) is 3.11. The van der Waals surface area contributed by atoms with E-state index in [1.807, 2.05) is 37.3 Å². The highest BCUT2D eigenvalue weighted by Crippen LogP contribution is 2.28. The van der Waals surface area contributed by atoms with Crippen molar-refractivity contribution in [3.8, 4) is 5.75 Å². The lowest BCUT2D eigenvalue weighted by Crippen LogP contribution is -2.29. The van der Waals surface area contributed by atoms with Gasteiger partial charge in [0.2, 0.25) is 0 Å². The topological polar surface area (TPSA) is 60.4 Å². The lowest BCUT2D eigenvalue weighted by molar-refractivity contribution is 0.386. The van der Waals surface area contributed by atoms with Crippen LogP contribution in [0.1, 0.15) is 23.1 Å². The molecule has 1 heterocycles. The molecule has 0 amide bonds. The minimum Gasteiger partial charge on any atom is -0.496 e. The van der Waals surface area contributed by atoms with Crippen LogP contribution in [-0.4, -0.2) is 7.11 Å². The van der Waals surface area contributed by atoms with E-state index in [4.69, 9.17) is 15.0 Å². The summed E-state index contributed by atoms with van der Waals surface area (Å²) in [5.41, 5.74) is 3.85. The van der Waals surface area contributed by atoms with Crippen molar-refractivity contribution < 1.29 is 9.15 Å². The van der Waals surface area contributed by atoms with Gasteiger partial charge in [-0.25, -0.2) is 5.43 Å². The minimum absolute atomic E-state index is 0.0862. The average Bonchev–Trinajstić information content (AvgIpc) is 2.82. The first-order valence-electron chi connectivity index (χ1n) is 5.99. The molecular weight excluding hydrogens is 308 g/mol. The molecule has 0 fully saturated rings. The van der Waals surface area contributed by atoms with Gasteiger partial charge in [0.05, 0.1) is 13.2 Å². The molecule has 3 N–H and O–H groups in total. The van der Waals surface area contributed by atoms with E-state index in [0.717, 1.165) is 27.3 Å². The summed E-state index contributed by atoms with van der Waals surface area (Å²) in [6, 6.07) is 9.68. The molecule has 0 spiro atoms. The third-order valence-corrected chi connectivity index (χ3v) is 3.47. The van der Waals surface area contributed by atoms with E-state index in [9.17, 15) is 0 Å². The quantitative estimate of drug-likeness (QED) is 0.655. The summed E-state index contributed by atoms with van der Waals surface area (Å²) in [5, 5.41) is 0. The third-order valence-electron chi connectivity index (χ3n) is 2.97. The fourth-order valence-corrected chi connectivity index (χ4v) is 2.42. The van der Waals surface area contributed by atoms with E-state index in [1.54, 1.807) is 7.11 Å². The smallest absolute Gasteiger partial charge is 0.122 e. The number of rotatable bonds is 5. The van der Waals surface area contributed by atoms with Gasteiger partial charge in [-0.2, -0.15) is 0 Å². The van der Waals surface area contributed by atoms with Crippen molar-refractivity contribution in [2.24, 2.45) is 5.84 Å². The molecule has 102 valence electrons. The monoisotopic (exact) mass is 324 g/mol. The van der Waals surface area contributed by atoms with E-state index in [-0.39, 0.29) is 6.04 Å². The van der Waals surface area contributed by atoms with Gasteiger partial charge in [0.25, 0.3) is 0 Å². The number of nitrogens with one attached hydrogen (secondary N) is 1. The van der Waals surface area contributed by atoms with Crippen LogP contribution >= 0.6 is 15.9 Å². The van der Waals surface area contributed by atoms with Crippen LogP contribution in [0.3, 0.4) is 0 Å². The number of methoxy groups -OCH3 is 1. The maximum atomic E-state index is 5.63. The van der Waals surface area contributed by atoms with Crippen LogP contribution < -0.4 is 16.0 Å². The fraction of sp³-hybridized carbons (Fsp3) is 0.286. The Balaban J connectivity index is 2.25. The number of aryl methyl sites for hydroxylation is 1. The highest BCUT2D eigenvalue weighted by molar-refractivity contribution is 9.10. The Morgan fingerprint density at radius 2 is 2.16 bits per heavy atom. The Morgan fingerprint density at radius 3 is 2.74 bits per heavy atom. The van der Waals surface area contributed by atoms with Crippen LogP contribution in [0, 0.1) is 6.92 Å². The molecule has 1 aromatic heterocycles. The number of hydrazine groups is 1. The molecule has 2 aromatic rings. The van der Waals surface area contributed by atoms with E-state index < -0.39 is 0 Å². The average molecular weight is 325 g/mol. The van der Waals surface area contributed by atoms with E-state index >= 15 is 0 Å². The van der Waals surface area contributed by atoms with Gasteiger partial charge in [0, 0.05) is 4.47 Å². The molecule has 0 bridgehead atoms. The second-order valence-corrected chi connectivity index (χ2v) is 5.24.